The van der Waals surface area contributed by atoms with Crippen LogP contribution in [0.3, 0.4) is 0 Å². The molecule has 18 heavy (non-hydrogen) atoms. The number of hydrogen-bond donors (Lipinski definition) is 0. The third-order valence-electron chi connectivity index (χ3n) is 4.15. The summed E-state index contributed by atoms with van der Waals surface area (Å²) in [5, 5.41) is 0. The van der Waals surface area contributed by atoms with Crippen molar-refractivity contribution in [2.45, 2.75) is 31.8 Å². The van der Waals surface area contributed by atoms with Gasteiger partial charge in [0.2, 0.25) is 0 Å². The van der Waals surface area contributed by atoms with Crippen molar-refractivity contribution in [3.05, 3.63) is 35.9 Å². The molecule has 0 N–H and O–H groups in total. The maximum Gasteiger partial charge on any atom is 0.310 e. The van der Waals surface area contributed by atoms with E-state index in [1.54, 1.807) is 0 Å². The molecule has 1 atom stereocenters. The Balaban J connectivity index is 1.58. The van der Waals surface area contributed by atoms with E-state index < -0.39 is 23.2 Å². The van der Waals surface area contributed by atoms with Crippen molar-refractivity contribution in [3.63, 3.8) is 0 Å². The van der Waals surface area contributed by atoms with Crippen LogP contribution < -0.4 is 0 Å². The topological polar surface area (TPSA) is 26.3 Å². The highest BCUT2D eigenvalue weighted by atomic mass is 19.3. The number of halogens is 2. The van der Waals surface area contributed by atoms with Crippen LogP contribution in [0.1, 0.15) is 24.8 Å². The number of carbonyl (C=O) groups excluding carboxylic acids is 1. The van der Waals surface area contributed by atoms with Crippen molar-refractivity contribution in [2.75, 3.05) is 0 Å². The van der Waals surface area contributed by atoms with Gasteiger partial charge in [-0.3, -0.25) is 4.79 Å². The fourth-order valence-electron chi connectivity index (χ4n) is 2.77. The average Bonchev–Trinajstić information content (AvgIpc) is 3.17. The highest BCUT2D eigenvalue weighted by molar-refractivity contribution is 5.76. The van der Waals surface area contributed by atoms with Crippen molar-refractivity contribution in [2.24, 2.45) is 11.3 Å². The van der Waals surface area contributed by atoms with Gasteiger partial charge in [0.05, 0.1) is 5.92 Å². The van der Waals surface area contributed by atoms with Crippen molar-refractivity contribution in [1.82, 2.24) is 0 Å². The molecule has 2 fully saturated rings. The average molecular weight is 252 g/mol. The van der Waals surface area contributed by atoms with Gasteiger partial charge in [-0.1, -0.05) is 30.3 Å². The number of alkyl halides is 2. The van der Waals surface area contributed by atoms with Gasteiger partial charge in [0.1, 0.15) is 6.61 Å². The fourth-order valence-corrected chi connectivity index (χ4v) is 2.77. The summed E-state index contributed by atoms with van der Waals surface area (Å²) in [7, 11) is 0. The predicted octanol–water partition coefficient (Wildman–Crippen LogP) is 3.17. The highest BCUT2D eigenvalue weighted by Crippen LogP contribution is 2.72. The molecule has 0 saturated heterocycles. The minimum atomic E-state index is -2.66. The Kier molecular flexibility index (Phi) is 2.44. The van der Waals surface area contributed by atoms with Crippen LogP contribution in [0.2, 0.25) is 0 Å². The summed E-state index contributed by atoms with van der Waals surface area (Å²) >= 11 is 0. The highest BCUT2D eigenvalue weighted by Gasteiger charge is 2.76. The minimum absolute atomic E-state index is 0.165. The second-order valence-electron chi connectivity index (χ2n) is 5.21. The van der Waals surface area contributed by atoms with Crippen LogP contribution >= 0.6 is 0 Å². The maximum atomic E-state index is 13.3. The molecule has 96 valence electrons. The Bertz CT molecular complexity index is 466. The summed E-state index contributed by atoms with van der Waals surface area (Å²) in [6.45, 7) is 0.165. The van der Waals surface area contributed by atoms with Gasteiger partial charge in [-0.2, -0.15) is 0 Å². The quantitative estimate of drug-likeness (QED) is 0.772. The Morgan fingerprint density at radius 1 is 1.28 bits per heavy atom. The van der Waals surface area contributed by atoms with Crippen molar-refractivity contribution >= 4 is 5.97 Å². The molecule has 2 saturated carbocycles. The second-order valence-corrected chi connectivity index (χ2v) is 5.21. The van der Waals surface area contributed by atoms with Gasteiger partial charge in [-0.05, 0) is 18.4 Å². The molecule has 4 heteroatoms. The summed E-state index contributed by atoms with van der Waals surface area (Å²) < 4.78 is 31.8. The van der Waals surface area contributed by atoms with E-state index in [0.717, 1.165) is 5.56 Å². The smallest absolute Gasteiger partial charge is 0.310 e. The SMILES string of the molecule is O=C(OCc1ccccc1)C1CC(F)(F)C12CC2. The van der Waals surface area contributed by atoms with Gasteiger partial charge in [0, 0.05) is 11.8 Å². The van der Waals surface area contributed by atoms with E-state index in [0.29, 0.717) is 12.8 Å². The molecular formula is C14H14F2O2. The maximum absolute atomic E-state index is 13.3. The van der Waals surface area contributed by atoms with Gasteiger partial charge in [-0.15, -0.1) is 0 Å². The molecule has 1 unspecified atom stereocenters. The van der Waals surface area contributed by atoms with E-state index in [2.05, 4.69) is 0 Å². The molecule has 2 aliphatic carbocycles. The van der Waals surface area contributed by atoms with Crippen LogP contribution in [-0.4, -0.2) is 11.9 Å². The number of ether oxygens (including phenoxy) is 1. The Morgan fingerprint density at radius 3 is 2.50 bits per heavy atom. The molecule has 0 aliphatic heterocycles. The van der Waals surface area contributed by atoms with Gasteiger partial charge < -0.3 is 4.74 Å². The number of hydrogen-bond acceptors (Lipinski definition) is 2. The number of rotatable bonds is 3. The molecule has 0 bridgehead atoms. The van der Waals surface area contributed by atoms with E-state index >= 15 is 0 Å². The summed E-state index contributed by atoms with van der Waals surface area (Å²) in [5.74, 6) is -3.73. The monoisotopic (exact) mass is 252 g/mol. The summed E-state index contributed by atoms with van der Waals surface area (Å²) in [6.07, 6.45) is 0.552. The molecule has 1 spiro atoms. The second kappa shape index (κ2) is 3.77. The molecular weight excluding hydrogens is 238 g/mol. The fraction of sp³-hybridized carbons (Fsp3) is 0.500. The number of esters is 1. The van der Waals surface area contributed by atoms with E-state index in [9.17, 15) is 13.6 Å². The van der Waals surface area contributed by atoms with Crippen LogP contribution in [0.15, 0.2) is 30.3 Å². The van der Waals surface area contributed by atoms with E-state index in [1.807, 2.05) is 30.3 Å². The van der Waals surface area contributed by atoms with Crippen LogP contribution in [0.25, 0.3) is 0 Å². The van der Waals surface area contributed by atoms with E-state index in [1.165, 1.54) is 0 Å². The molecule has 0 amide bonds. The van der Waals surface area contributed by atoms with Crippen LogP contribution in [-0.2, 0) is 16.1 Å². The lowest BCUT2D eigenvalue weighted by Crippen LogP contribution is -2.53. The van der Waals surface area contributed by atoms with Crippen molar-refractivity contribution in [3.8, 4) is 0 Å². The lowest BCUT2D eigenvalue weighted by Gasteiger charge is -2.43. The zero-order valence-corrected chi connectivity index (χ0v) is 9.86. The third kappa shape index (κ3) is 1.62. The predicted molar refractivity (Wildman–Crippen MR) is 61.0 cm³/mol. The van der Waals surface area contributed by atoms with Crippen LogP contribution in [0.5, 0.6) is 0 Å². The first-order valence-corrected chi connectivity index (χ1v) is 6.14. The Morgan fingerprint density at radius 2 is 1.94 bits per heavy atom. The Labute approximate surface area is 104 Å². The van der Waals surface area contributed by atoms with Gasteiger partial charge in [0.15, 0.2) is 0 Å². The lowest BCUT2D eigenvalue weighted by atomic mass is 9.66. The van der Waals surface area contributed by atoms with Crippen molar-refractivity contribution < 1.29 is 18.3 Å². The molecule has 2 aliphatic rings. The normalized spacial score (nSPS) is 26.4. The molecule has 0 radical (unpaired) electrons. The van der Waals surface area contributed by atoms with Crippen LogP contribution in [0, 0.1) is 11.3 Å². The zero-order valence-electron chi connectivity index (χ0n) is 9.86. The standard InChI is InChI=1S/C14H14F2O2/c15-14(16)8-11(13(14)6-7-13)12(17)18-9-10-4-2-1-3-5-10/h1-5,11H,6-9H2. The summed E-state index contributed by atoms with van der Waals surface area (Å²) in [6, 6.07) is 9.26. The van der Waals surface area contributed by atoms with Crippen molar-refractivity contribution in [1.29, 1.82) is 0 Å². The van der Waals surface area contributed by atoms with Gasteiger partial charge in [-0.25, -0.2) is 8.78 Å². The zero-order chi connectivity index (χ0) is 12.8. The van der Waals surface area contributed by atoms with Crippen LogP contribution in [0.4, 0.5) is 8.78 Å². The molecule has 0 aromatic heterocycles. The van der Waals surface area contributed by atoms with E-state index in [4.69, 9.17) is 4.74 Å². The first-order valence-electron chi connectivity index (χ1n) is 6.14. The first-order chi connectivity index (χ1) is 8.55. The summed E-state index contributed by atoms with van der Waals surface area (Å²) in [5.41, 5.74) is -0.178. The third-order valence-corrected chi connectivity index (χ3v) is 4.15. The first kappa shape index (κ1) is 11.6. The number of carbonyl (C=O) groups is 1. The van der Waals surface area contributed by atoms with Gasteiger partial charge in [0.25, 0.3) is 5.92 Å². The summed E-state index contributed by atoms with van der Waals surface area (Å²) in [4.78, 5) is 11.8. The molecule has 0 heterocycles. The van der Waals surface area contributed by atoms with E-state index in [-0.39, 0.29) is 13.0 Å². The molecule has 2 nitrogen and oxygen atoms in total. The lowest BCUT2D eigenvalue weighted by molar-refractivity contribution is -0.211. The minimum Gasteiger partial charge on any atom is -0.461 e. The largest absolute Gasteiger partial charge is 0.461 e. The molecule has 3 rings (SSSR count). The molecule has 1 aromatic carbocycles. The molecule has 1 aromatic rings. The van der Waals surface area contributed by atoms with Gasteiger partial charge >= 0.3 is 5.97 Å². The Hall–Kier alpha value is -1.45. The number of benzene rings is 1.